The lowest BCUT2D eigenvalue weighted by molar-refractivity contribution is 0.555. The van der Waals surface area contributed by atoms with E-state index in [0.29, 0.717) is 5.88 Å². The molecule has 1 rings (SSSR count). The molecule has 0 aliphatic carbocycles. The van der Waals surface area contributed by atoms with Gasteiger partial charge in [-0.15, -0.1) is 11.6 Å². The molecule has 6 heteroatoms. The molecule has 102 valence electrons. The smallest absolute Gasteiger partial charge is 0.212 e. The SMILES string of the molecule is CC(CCl)CS(=O)(=O)N[C@@H](C)c1ccc(F)cc1. The van der Waals surface area contributed by atoms with Crippen LogP contribution in [0.5, 0.6) is 0 Å². The fourth-order valence-electron chi connectivity index (χ4n) is 1.56. The summed E-state index contributed by atoms with van der Waals surface area (Å²) < 4.78 is 38.9. The Balaban J connectivity index is 2.69. The summed E-state index contributed by atoms with van der Waals surface area (Å²) in [5.41, 5.74) is 0.721. The van der Waals surface area contributed by atoms with E-state index in [0.717, 1.165) is 5.56 Å². The van der Waals surface area contributed by atoms with Gasteiger partial charge in [0.15, 0.2) is 0 Å². The zero-order valence-corrected chi connectivity index (χ0v) is 11.9. The molecule has 1 aromatic rings. The van der Waals surface area contributed by atoms with Crippen molar-refractivity contribution in [3.8, 4) is 0 Å². The van der Waals surface area contributed by atoms with E-state index in [1.807, 2.05) is 0 Å². The molecule has 0 heterocycles. The van der Waals surface area contributed by atoms with E-state index in [1.165, 1.54) is 12.1 Å². The molecule has 0 aliphatic heterocycles. The molecule has 0 spiro atoms. The monoisotopic (exact) mass is 293 g/mol. The topological polar surface area (TPSA) is 46.2 Å². The van der Waals surface area contributed by atoms with Gasteiger partial charge in [-0.25, -0.2) is 17.5 Å². The third-order valence-corrected chi connectivity index (χ3v) is 4.74. The van der Waals surface area contributed by atoms with Crippen LogP contribution in [0.2, 0.25) is 0 Å². The maximum Gasteiger partial charge on any atom is 0.212 e. The van der Waals surface area contributed by atoms with Gasteiger partial charge in [0, 0.05) is 11.9 Å². The zero-order valence-electron chi connectivity index (χ0n) is 10.4. The quantitative estimate of drug-likeness (QED) is 0.820. The number of rotatable bonds is 6. The van der Waals surface area contributed by atoms with Crippen LogP contribution in [0.25, 0.3) is 0 Å². The standard InChI is InChI=1S/C12H17ClFNO2S/c1-9(7-13)8-18(16,17)15-10(2)11-3-5-12(14)6-4-11/h3-6,9-10,15H,7-8H2,1-2H3/t9?,10-/m0/s1. The Hall–Kier alpha value is -0.650. The molecule has 0 radical (unpaired) electrons. The first-order valence-corrected chi connectivity index (χ1v) is 7.84. The van der Waals surface area contributed by atoms with E-state index in [1.54, 1.807) is 26.0 Å². The van der Waals surface area contributed by atoms with Crippen LogP contribution in [0.3, 0.4) is 0 Å². The van der Waals surface area contributed by atoms with E-state index in [4.69, 9.17) is 11.6 Å². The molecule has 0 amide bonds. The Morgan fingerprint density at radius 3 is 2.33 bits per heavy atom. The van der Waals surface area contributed by atoms with E-state index in [2.05, 4.69) is 4.72 Å². The van der Waals surface area contributed by atoms with Gasteiger partial charge in [0.05, 0.1) is 5.75 Å². The van der Waals surface area contributed by atoms with Crippen molar-refractivity contribution >= 4 is 21.6 Å². The first-order chi connectivity index (χ1) is 8.34. The lowest BCUT2D eigenvalue weighted by Crippen LogP contribution is -2.31. The molecule has 0 aromatic heterocycles. The minimum Gasteiger partial charge on any atom is -0.212 e. The number of halogens is 2. The zero-order chi connectivity index (χ0) is 13.8. The molecule has 1 N–H and O–H groups in total. The lowest BCUT2D eigenvalue weighted by Gasteiger charge is -2.16. The largest absolute Gasteiger partial charge is 0.212 e. The van der Waals surface area contributed by atoms with Crippen molar-refractivity contribution < 1.29 is 12.8 Å². The second-order valence-corrected chi connectivity index (χ2v) is 6.54. The van der Waals surface area contributed by atoms with Crippen LogP contribution < -0.4 is 4.72 Å². The molecule has 0 bridgehead atoms. The average molecular weight is 294 g/mol. The highest BCUT2D eigenvalue weighted by molar-refractivity contribution is 7.89. The van der Waals surface area contributed by atoms with E-state index in [-0.39, 0.29) is 17.5 Å². The fourth-order valence-corrected chi connectivity index (χ4v) is 3.43. The highest BCUT2D eigenvalue weighted by Gasteiger charge is 2.18. The molecule has 0 aliphatic rings. The van der Waals surface area contributed by atoms with E-state index >= 15 is 0 Å². The molecule has 0 saturated carbocycles. The second-order valence-electron chi connectivity index (χ2n) is 4.43. The molecule has 3 nitrogen and oxygen atoms in total. The summed E-state index contributed by atoms with van der Waals surface area (Å²) in [5.74, 6) is -0.164. The minimum atomic E-state index is -3.38. The van der Waals surface area contributed by atoms with Gasteiger partial charge >= 0.3 is 0 Å². The Bertz CT molecular complexity index is 475. The fraction of sp³-hybridized carbons (Fsp3) is 0.500. The molecule has 0 fully saturated rings. The van der Waals surface area contributed by atoms with Crippen molar-refractivity contribution in [3.05, 3.63) is 35.6 Å². The van der Waals surface area contributed by atoms with Gasteiger partial charge in [-0.1, -0.05) is 19.1 Å². The Morgan fingerprint density at radius 2 is 1.83 bits per heavy atom. The number of alkyl halides is 1. The van der Waals surface area contributed by atoms with Crippen LogP contribution in [-0.4, -0.2) is 20.1 Å². The Morgan fingerprint density at radius 1 is 1.28 bits per heavy atom. The number of hydrogen-bond donors (Lipinski definition) is 1. The number of nitrogens with one attached hydrogen (secondary N) is 1. The van der Waals surface area contributed by atoms with Crippen molar-refractivity contribution in [3.63, 3.8) is 0 Å². The van der Waals surface area contributed by atoms with Crippen LogP contribution in [0.4, 0.5) is 4.39 Å². The van der Waals surface area contributed by atoms with Gasteiger partial charge < -0.3 is 0 Å². The van der Waals surface area contributed by atoms with Gasteiger partial charge in [0.2, 0.25) is 10.0 Å². The lowest BCUT2D eigenvalue weighted by atomic mass is 10.1. The summed E-state index contributed by atoms with van der Waals surface area (Å²) in [4.78, 5) is 0. The normalized spacial score (nSPS) is 15.3. The van der Waals surface area contributed by atoms with Crippen molar-refractivity contribution in [2.75, 3.05) is 11.6 Å². The molecule has 1 aromatic carbocycles. The molecular formula is C12H17ClFNO2S. The highest BCUT2D eigenvalue weighted by Crippen LogP contribution is 2.15. The van der Waals surface area contributed by atoms with Crippen molar-refractivity contribution in [2.45, 2.75) is 19.9 Å². The first kappa shape index (κ1) is 15.4. The van der Waals surface area contributed by atoms with Gasteiger partial charge in [-0.2, -0.15) is 0 Å². The summed E-state index contributed by atoms with van der Waals surface area (Å²) in [5, 5.41) is 0. The molecule has 18 heavy (non-hydrogen) atoms. The van der Waals surface area contributed by atoms with Gasteiger partial charge in [0.25, 0.3) is 0 Å². The van der Waals surface area contributed by atoms with Gasteiger partial charge in [-0.05, 0) is 30.5 Å². The first-order valence-electron chi connectivity index (χ1n) is 5.65. The summed E-state index contributed by atoms with van der Waals surface area (Å²) in [6.07, 6.45) is 0. The second kappa shape index (κ2) is 6.50. The predicted molar refractivity (Wildman–Crippen MR) is 71.6 cm³/mol. The molecular weight excluding hydrogens is 277 g/mol. The predicted octanol–water partition coefficient (Wildman–Crippen LogP) is 2.68. The van der Waals surface area contributed by atoms with Crippen LogP contribution in [-0.2, 0) is 10.0 Å². The van der Waals surface area contributed by atoms with Crippen LogP contribution in [0.1, 0.15) is 25.5 Å². The maximum absolute atomic E-state index is 12.8. The Labute approximate surface area is 112 Å². The Kier molecular flexibility index (Phi) is 5.56. The van der Waals surface area contributed by atoms with E-state index in [9.17, 15) is 12.8 Å². The van der Waals surface area contributed by atoms with Gasteiger partial charge in [0.1, 0.15) is 5.82 Å². The van der Waals surface area contributed by atoms with Crippen LogP contribution in [0.15, 0.2) is 24.3 Å². The van der Waals surface area contributed by atoms with Crippen molar-refractivity contribution in [1.29, 1.82) is 0 Å². The number of sulfonamides is 1. The van der Waals surface area contributed by atoms with Crippen LogP contribution >= 0.6 is 11.6 Å². The average Bonchev–Trinajstić information content (AvgIpc) is 2.28. The van der Waals surface area contributed by atoms with Gasteiger partial charge in [-0.3, -0.25) is 0 Å². The van der Waals surface area contributed by atoms with Crippen LogP contribution in [0, 0.1) is 11.7 Å². The van der Waals surface area contributed by atoms with E-state index < -0.39 is 16.1 Å². The number of hydrogen-bond acceptors (Lipinski definition) is 2. The summed E-state index contributed by atoms with van der Waals surface area (Å²) in [6, 6.07) is 5.35. The van der Waals surface area contributed by atoms with Crippen molar-refractivity contribution in [2.24, 2.45) is 5.92 Å². The molecule has 1 unspecified atom stereocenters. The molecule has 2 atom stereocenters. The maximum atomic E-state index is 12.8. The molecule has 0 saturated heterocycles. The van der Waals surface area contributed by atoms with Crippen molar-refractivity contribution in [1.82, 2.24) is 4.72 Å². The third-order valence-electron chi connectivity index (χ3n) is 2.49. The summed E-state index contributed by atoms with van der Waals surface area (Å²) >= 11 is 5.60. The summed E-state index contributed by atoms with van der Waals surface area (Å²) in [7, 11) is -3.38. The number of benzene rings is 1. The minimum absolute atomic E-state index is 0.0119. The summed E-state index contributed by atoms with van der Waals surface area (Å²) in [6.45, 7) is 3.49. The third kappa shape index (κ3) is 4.92. The highest BCUT2D eigenvalue weighted by atomic mass is 35.5.